The van der Waals surface area contributed by atoms with Crippen LogP contribution in [0.4, 0.5) is 0 Å². The Labute approximate surface area is 73.7 Å². The molecule has 3 aliphatic carbocycles. The number of nitrogens with two attached hydrogens (primary N) is 1. The van der Waals surface area contributed by atoms with E-state index in [4.69, 9.17) is 11.0 Å². The predicted octanol–water partition coefficient (Wildman–Crippen LogP) is 1.52. The third-order valence-electron chi connectivity index (χ3n) is 4.15. The molecule has 2 bridgehead atoms. The second kappa shape index (κ2) is 2.23. The fourth-order valence-electron chi connectivity index (χ4n) is 3.02. The molecule has 4 atom stereocenters. The van der Waals surface area contributed by atoms with Crippen molar-refractivity contribution in [2.24, 2.45) is 28.9 Å². The van der Waals surface area contributed by atoms with Crippen molar-refractivity contribution in [2.45, 2.75) is 32.7 Å². The summed E-state index contributed by atoms with van der Waals surface area (Å²) in [4.78, 5) is 0. The fraction of sp³-hybridized carbons (Fsp3) is 0.900. The van der Waals surface area contributed by atoms with Crippen molar-refractivity contribution in [1.29, 1.82) is 5.26 Å². The molecule has 66 valence electrons. The van der Waals surface area contributed by atoms with E-state index in [-0.39, 0.29) is 12.0 Å². The van der Waals surface area contributed by atoms with Gasteiger partial charge < -0.3 is 5.73 Å². The summed E-state index contributed by atoms with van der Waals surface area (Å²) in [5, 5.41) is 8.96. The molecule has 3 saturated carbocycles. The normalized spacial score (nSPS) is 49.2. The van der Waals surface area contributed by atoms with E-state index >= 15 is 0 Å². The van der Waals surface area contributed by atoms with Crippen LogP contribution >= 0.6 is 0 Å². The highest BCUT2D eigenvalue weighted by molar-refractivity contribution is 5.13. The molecule has 3 aliphatic rings. The topological polar surface area (TPSA) is 49.8 Å². The van der Waals surface area contributed by atoms with Gasteiger partial charge in [-0.15, -0.1) is 0 Å². The largest absolute Gasteiger partial charge is 0.326 e. The Hall–Kier alpha value is -0.550. The lowest BCUT2D eigenvalue weighted by atomic mass is 9.45. The van der Waals surface area contributed by atoms with E-state index in [0.717, 1.165) is 12.3 Å². The van der Waals surface area contributed by atoms with Crippen LogP contribution in [0.1, 0.15) is 26.7 Å². The Balaban J connectivity index is 2.22. The Morgan fingerprint density at radius 2 is 2.08 bits per heavy atom. The summed E-state index contributed by atoms with van der Waals surface area (Å²) in [7, 11) is 0. The molecule has 4 unspecified atom stereocenters. The Morgan fingerprint density at radius 1 is 1.42 bits per heavy atom. The molecular formula is C10H16N2. The van der Waals surface area contributed by atoms with Crippen LogP contribution < -0.4 is 5.73 Å². The van der Waals surface area contributed by atoms with Gasteiger partial charge in [0.25, 0.3) is 0 Å². The maximum Gasteiger partial charge on any atom is 0.0675 e. The van der Waals surface area contributed by atoms with Gasteiger partial charge in [-0.1, -0.05) is 13.8 Å². The van der Waals surface area contributed by atoms with Gasteiger partial charge in [-0.25, -0.2) is 0 Å². The molecule has 0 heterocycles. The number of fused-ring (bicyclic) bond motifs is 2. The van der Waals surface area contributed by atoms with E-state index < -0.39 is 0 Å². The zero-order valence-electron chi connectivity index (χ0n) is 7.75. The molecule has 0 aromatic heterocycles. The van der Waals surface area contributed by atoms with Crippen LogP contribution in [0, 0.1) is 34.5 Å². The third kappa shape index (κ3) is 0.778. The molecule has 0 amide bonds. The minimum atomic E-state index is 0.116. The maximum atomic E-state index is 8.96. The second-order valence-corrected chi connectivity index (χ2v) is 4.91. The van der Waals surface area contributed by atoms with E-state index in [9.17, 15) is 0 Å². The van der Waals surface area contributed by atoms with E-state index in [2.05, 4.69) is 19.9 Å². The first kappa shape index (κ1) is 8.07. The van der Waals surface area contributed by atoms with Gasteiger partial charge in [0.1, 0.15) is 0 Å². The summed E-state index contributed by atoms with van der Waals surface area (Å²) in [6.45, 7) is 4.56. The van der Waals surface area contributed by atoms with Crippen molar-refractivity contribution < 1.29 is 0 Å². The Bertz CT molecular complexity index is 239. The minimum absolute atomic E-state index is 0.116. The summed E-state index contributed by atoms with van der Waals surface area (Å²) in [5.74, 6) is 1.46. The van der Waals surface area contributed by atoms with Crippen LogP contribution in [0.3, 0.4) is 0 Å². The fourth-order valence-corrected chi connectivity index (χ4v) is 3.02. The maximum absolute atomic E-state index is 8.96. The quantitative estimate of drug-likeness (QED) is 0.590. The summed E-state index contributed by atoms with van der Waals surface area (Å²) in [5.41, 5.74) is 6.29. The van der Waals surface area contributed by atoms with Crippen LogP contribution in [0.15, 0.2) is 0 Å². The molecule has 3 rings (SSSR count). The van der Waals surface area contributed by atoms with Gasteiger partial charge in [-0.2, -0.15) is 5.26 Å². The van der Waals surface area contributed by atoms with Gasteiger partial charge >= 0.3 is 0 Å². The summed E-state index contributed by atoms with van der Waals surface area (Å²) in [6.07, 6.45) is 2.29. The van der Waals surface area contributed by atoms with Crippen LogP contribution in [-0.4, -0.2) is 6.04 Å². The van der Waals surface area contributed by atoms with Crippen molar-refractivity contribution >= 4 is 0 Å². The summed E-state index contributed by atoms with van der Waals surface area (Å²) >= 11 is 0. The summed E-state index contributed by atoms with van der Waals surface area (Å²) in [6, 6.07) is 2.52. The van der Waals surface area contributed by atoms with E-state index in [1.165, 1.54) is 6.42 Å². The number of nitrogens with zero attached hydrogens (tertiary/aromatic N) is 1. The SMILES string of the molecule is CC1(C)C2CC(N)C(C#N)C1C2. The van der Waals surface area contributed by atoms with E-state index in [1.54, 1.807) is 0 Å². The van der Waals surface area contributed by atoms with Crippen LogP contribution in [0.25, 0.3) is 0 Å². The third-order valence-corrected chi connectivity index (χ3v) is 4.15. The van der Waals surface area contributed by atoms with Gasteiger partial charge in [-0.05, 0) is 30.1 Å². The van der Waals surface area contributed by atoms with Gasteiger partial charge in [0.15, 0.2) is 0 Å². The Morgan fingerprint density at radius 3 is 2.50 bits per heavy atom. The van der Waals surface area contributed by atoms with E-state index in [0.29, 0.717) is 11.3 Å². The highest BCUT2D eigenvalue weighted by Crippen LogP contribution is 2.60. The number of rotatable bonds is 0. The average Bonchev–Trinajstić information content (AvgIpc) is 2.03. The van der Waals surface area contributed by atoms with Gasteiger partial charge in [0.05, 0.1) is 12.0 Å². The lowest BCUT2D eigenvalue weighted by molar-refractivity contribution is -0.0972. The number of hydrogen-bond donors (Lipinski definition) is 1. The molecule has 12 heavy (non-hydrogen) atoms. The van der Waals surface area contributed by atoms with Gasteiger partial charge in [-0.3, -0.25) is 0 Å². The standard InChI is InChI=1S/C10H16N2/c1-10(2)6-3-8(10)7(5-11)9(12)4-6/h6-9H,3-4,12H2,1-2H3. The van der Waals surface area contributed by atoms with Crippen molar-refractivity contribution in [2.75, 3.05) is 0 Å². The lowest BCUT2D eigenvalue weighted by Gasteiger charge is -2.60. The average molecular weight is 164 g/mol. The molecule has 0 aromatic carbocycles. The molecule has 0 aromatic rings. The molecule has 3 fully saturated rings. The molecule has 0 saturated heterocycles. The first-order valence-electron chi connectivity index (χ1n) is 4.72. The van der Waals surface area contributed by atoms with Crippen molar-refractivity contribution in [3.63, 3.8) is 0 Å². The first-order valence-corrected chi connectivity index (χ1v) is 4.72. The monoisotopic (exact) mass is 164 g/mol. The summed E-state index contributed by atoms with van der Waals surface area (Å²) < 4.78 is 0. The first-order chi connectivity index (χ1) is 5.57. The molecule has 2 N–H and O–H groups in total. The van der Waals surface area contributed by atoms with Gasteiger partial charge in [0, 0.05) is 6.04 Å². The van der Waals surface area contributed by atoms with Crippen LogP contribution in [-0.2, 0) is 0 Å². The van der Waals surface area contributed by atoms with Gasteiger partial charge in [0.2, 0.25) is 0 Å². The second-order valence-electron chi connectivity index (χ2n) is 4.91. The lowest BCUT2D eigenvalue weighted by Crippen LogP contribution is -2.59. The zero-order chi connectivity index (χ0) is 8.93. The smallest absolute Gasteiger partial charge is 0.0675 e. The molecule has 0 aliphatic heterocycles. The highest BCUT2D eigenvalue weighted by atomic mass is 14.7. The molecule has 0 radical (unpaired) electrons. The molecular weight excluding hydrogens is 148 g/mol. The molecule has 2 heteroatoms. The highest BCUT2D eigenvalue weighted by Gasteiger charge is 2.57. The van der Waals surface area contributed by atoms with Crippen molar-refractivity contribution in [3.8, 4) is 6.07 Å². The number of hydrogen-bond acceptors (Lipinski definition) is 2. The minimum Gasteiger partial charge on any atom is -0.326 e. The van der Waals surface area contributed by atoms with Crippen LogP contribution in [0.2, 0.25) is 0 Å². The van der Waals surface area contributed by atoms with Crippen molar-refractivity contribution in [3.05, 3.63) is 0 Å². The number of nitriles is 1. The molecule has 0 spiro atoms. The van der Waals surface area contributed by atoms with Crippen LogP contribution in [0.5, 0.6) is 0 Å². The van der Waals surface area contributed by atoms with Crippen molar-refractivity contribution in [1.82, 2.24) is 0 Å². The zero-order valence-corrected chi connectivity index (χ0v) is 7.75. The predicted molar refractivity (Wildman–Crippen MR) is 47.1 cm³/mol. The Kier molecular flexibility index (Phi) is 1.50. The van der Waals surface area contributed by atoms with E-state index in [1.807, 2.05) is 0 Å². The molecule has 2 nitrogen and oxygen atoms in total.